The van der Waals surface area contributed by atoms with Gasteiger partial charge in [0.1, 0.15) is 5.82 Å². The highest BCUT2D eigenvalue weighted by molar-refractivity contribution is 9.10. The minimum atomic E-state index is -0.241. The summed E-state index contributed by atoms with van der Waals surface area (Å²) in [6, 6.07) is 5.59. The average Bonchev–Trinajstić information content (AvgIpc) is 2.87. The molecule has 0 aliphatic carbocycles. The lowest BCUT2D eigenvalue weighted by Crippen LogP contribution is -2.38. The molecule has 2 rings (SSSR count). The molecular formula is C14H20BrFN2O. The Kier molecular flexibility index (Phi) is 5.76. The first-order chi connectivity index (χ1) is 9.19. The number of hydrogen-bond donors (Lipinski definition) is 2. The number of aliphatic hydroxyl groups is 1. The van der Waals surface area contributed by atoms with Gasteiger partial charge < -0.3 is 10.4 Å². The van der Waals surface area contributed by atoms with Crippen LogP contribution in [0.4, 0.5) is 4.39 Å². The molecule has 106 valence electrons. The Morgan fingerprint density at radius 3 is 2.95 bits per heavy atom. The van der Waals surface area contributed by atoms with Gasteiger partial charge in [0.05, 0.1) is 11.1 Å². The number of nitrogens with zero attached hydrogens (tertiary/aromatic N) is 1. The Hall–Kier alpha value is -0.490. The summed E-state index contributed by atoms with van der Waals surface area (Å²) >= 11 is 3.21. The van der Waals surface area contributed by atoms with Crippen LogP contribution in [0.15, 0.2) is 22.7 Å². The summed E-state index contributed by atoms with van der Waals surface area (Å²) in [5, 5.41) is 12.6. The second-order valence-corrected chi connectivity index (χ2v) is 5.85. The fourth-order valence-corrected chi connectivity index (χ4v) is 2.92. The number of nitrogens with one attached hydrogen (secondary N) is 1. The number of rotatable bonds is 6. The van der Waals surface area contributed by atoms with E-state index in [0.717, 1.165) is 25.2 Å². The third-order valence-corrected chi connectivity index (χ3v) is 4.06. The summed E-state index contributed by atoms with van der Waals surface area (Å²) in [5.41, 5.74) is 1.06. The van der Waals surface area contributed by atoms with E-state index >= 15 is 0 Å². The van der Waals surface area contributed by atoms with E-state index in [1.165, 1.54) is 18.9 Å². The highest BCUT2D eigenvalue weighted by Gasteiger charge is 2.18. The van der Waals surface area contributed by atoms with Crippen LogP contribution in [0.3, 0.4) is 0 Å². The number of hydrogen-bond acceptors (Lipinski definition) is 3. The fraction of sp³-hybridized carbons (Fsp3) is 0.571. The predicted octanol–water partition coefficient (Wildman–Crippen LogP) is 2.13. The molecule has 19 heavy (non-hydrogen) atoms. The van der Waals surface area contributed by atoms with E-state index in [9.17, 15) is 4.39 Å². The maximum atomic E-state index is 13.2. The van der Waals surface area contributed by atoms with Crippen molar-refractivity contribution in [3.05, 3.63) is 34.1 Å². The topological polar surface area (TPSA) is 35.5 Å². The molecule has 0 aromatic heterocycles. The van der Waals surface area contributed by atoms with Crippen molar-refractivity contribution in [3.8, 4) is 0 Å². The van der Waals surface area contributed by atoms with Crippen molar-refractivity contribution < 1.29 is 9.50 Å². The van der Waals surface area contributed by atoms with E-state index in [1.807, 2.05) is 6.07 Å². The number of benzene rings is 1. The highest BCUT2D eigenvalue weighted by atomic mass is 79.9. The summed E-state index contributed by atoms with van der Waals surface area (Å²) in [5.74, 6) is -0.241. The van der Waals surface area contributed by atoms with Gasteiger partial charge in [0.25, 0.3) is 0 Å². The molecule has 1 saturated heterocycles. The zero-order chi connectivity index (χ0) is 13.7. The fourth-order valence-electron chi connectivity index (χ4n) is 2.50. The first-order valence-corrected chi connectivity index (χ1v) is 7.49. The molecule has 2 N–H and O–H groups in total. The van der Waals surface area contributed by atoms with Gasteiger partial charge in [-0.25, -0.2) is 4.39 Å². The van der Waals surface area contributed by atoms with Crippen LogP contribution in [0.1, 0.15) is 18.4 Å². The van der Waals surface area contributed by atoms with Crippen LogP contribution < -0.4 is 5.32 Å². The van der Waals surface area contributed by atoms with Crippen molar-refractivity contribution in [2.24, 2.45) is 0 Å². The minimum Gasteiger partial charge on any atom is -0.395 e. The Morgan fingerprint density at radius 1 is 1.47 bits per heavy atom. The van der Waals surface area contributed by atoms with E-state index in [-0.39, 0.29) is 12.4 Å². The molecule has 1 atom stereocenters. The standard InChI is InChI=1S/C14H20BrFN2O/c15-13-8-11(3-4-14(13)16)9-18(6-7-19)10-12-2-1-5-17-12/h3-4,8,12,17,19H,1-2,5-7,9-10H2. The van der Waals surface area contributed by atoms with Gasteiger partial charge in [-0.1, -0.05) is 6.07 Å². The van der Waals surface area contributed by atoms with E-state index < -0.39 is 0 Å². The van der Waals surface area contributed by atoms with Crippen LogP contribution in [0.25, 0.3) is 0 Å². The van der Waals surface area contributed by atoms with E-state index in [0.29, 0.717) is 17.1 Å². The van der Waals surface area contributed by atoms with Crippen LogP contribution in [-0.4, -0.2) is 42.3 Å². The molecule has 1 aliphatic heterocycles. The van der Waals surface area contributed by atoms with Crippen molar-refractivity contribution in [2.75, 3.05) is 26.2 Å². The number of halogens is 2. The van der Waals surface area contributed by atoms with Crippen molar-refractivity contribution in [1.82, 2.24) is 10.2 Å². The van der Waals surface area contributed by atoms with Crippen LogP contribution in [0.2, 0.25) is 0 Å². The molecule has 0 bridgehead atoms. The van der Waals surface area contributed by atoms with Gasteiger partial charge in [-0.15, -0.1) is 0 Å². The Balaban J connectivity index is 1.96. The molecule has 3 nitrogen and oxygen atoms in total. The van der Waals surface area contributed by atoms with Gasteiger partial charge in [-0.2, -0.15) is 0 Å². The normalized spacial score (nSPS) is 19.3. The third-order valence-electron chi connectivity index (χ3n) is 3.45. The maximum Gasteiger partial charge on any atom is 0.137 e. The van der Waals surface area contributed by atoms with Gasteiger partial charge in [-0.05, 0) is 53.0 Å². The summed E-state index contributed by atoms with van der Waals surface area (Å²) in [4.78, 5) is 2.21. The quantitative estimate of drug-likeness (QED) is 0.838. The smallest absolute Gasteiger partial charge is 0.137 e. The van der Waals surface area contributed by atoms with Crippen molar-refractivity contribution in [1.29, 1.82) is 0 Å². The molecule has 5 heteroatoms. The lowest BCUT2D eigenvalue weighted by atomic mass is 10.1. The molecule has 0 saturated carbocycles. The monoisotopic (exact) mass is 330 g/mol. The minimum absolute atomic E-state index is 0.148. The molecule has 0 spiro atoms. The van der Waals surface area contributed by atoms with E-state index in [1.54, 1.807) is 6.07 Å². The van der Waals surface area contributed by atoms with Crippen LogP contribution in [0.5, 0.6) is 0 Å². The zero-order valence-corrected chi connectivity index (χ0v) is 12.5. The molecule has 1 fully saturated rings. The highest BCUT2D eigenvalue weighted by Crippen LogP contribution is 2.18. The molecule has 1 unspecified atom stereocenters. The molecule has 1 aliphatic rings. The first-order valence-electron chi connectivity index (χ1n) is 6.69. The second-order valence-electron chi connectivity index (χ2n) is 5.00. The Bertz CT molecular complexity index is 410. The number of aliphatic hydroxyl groups excluding tert-OH is 1. The van der Waals surface area contributed by atoms with Gasteiger partial charge in [0, 0.05) is 25.7 Å². The van der Waals surface area contributed by atoms with Crippen LogP contribution in [-0.2, 0) is 6.54 Å². The van der Waals surface area contributed by atoms with Crippen molar-refractivity contribution in [2.45, 2.75) is 25.4 Å². The maximum absolute atomic E-state index is 13.2. The third kappa shape index (κ3) is 4.53. The molecule has 1 aromatic rings. The van der Waals surface area contributed by atoms with Gasteiger partial charge >= 0.3 is 0 Å². The van der Waals surface area contributed by atoms with E-state index in [2.05, 4.69) is 26.1 Å². The molecule has 0 radical (unpaired) electrons. The van der Waals surface area contributed by atoms with Gasteiger partial charge in [-0.3, -0.25) is 4.90 Å². The molecular weight excluding hydrogens is 311 g/mol. The largest absolute Gasteiger partial charge is 0.395 e. The van der Waals surface area contributed by atoms with Crippen LogP contribution in [0, 0.1) is 5.82 Å². The molecule has 1 heterocycles. The summed E-state index contributed by atoms with van der Waals surface area (Å²) in [6.07, 6.45) is 2.41. The van der Waals surface area contributed by atoms with Crippen molar-refractivity contribution in [3.63, 3.8) is 0 Å². The van der Waals surface area contributed by atoms with Gasteiger partial charge in [0.2, 0.25) is 0 Å². The van der Waals surface area contributed by atoms with E-state index in [4.69, 9.17) is 5.11 Å². The van der Waals surface area contributed by atoms with Crippen LogP contribution >= 0.6 is 15.9 Å². The van der Waals surface area contributed by atoms with Gasteiger partial charge in [0.15, 0.2) is 0 Å². The SMILES string of the molecule is OCCN(Cc1ccc(F)c(Br)c1)CC1CCCN1. The molecule has 0 amide bonds. The Morgan fingerprint density at radius 2 is 2.32 bits per heavy atom. The summed E-state index contributed by atoms with van der Waals surface area (Å²) in [7, 11) is 0. The lowest BCUT2D eigenvalue weighted by Gasteiger charge is -2.25. The predicted molar refractivity (Wildman–Crippen MR) is 77.5 cm³/mol. The zero-order valence-electron chi connectivity index (χ0n) is 10.9. The van der Waals surface area contributed by atoms with Crippen molar-refractivity contribution >= 4 is 15.9 Å². The Labute approximate surface area is 121 Å². The first kappa shape index (κ1) is 14.9. The summed E-state index contributed by atoms with van der Waals surface area (Å²) < 4.78 is 13.7. The lowest BCUT2D eigenvalue weighted by molar-refractivity contribution is 0.179. The second kappa shape index (κ2) is 7.33. The average molecular weight is 331 g/mol. The molecule has 1 aromatic carbocycles. The summed E-state index contributed by atoms with van der Waals surface area (Å²) in [6.45, 7) is 3.54.